The Morgan fingerprint density at radius 3 is 2.10 bits per heavy atom. The van der Waals surface area contributed by atoms with Crippen molar-refractivity contribution < 1.29 is 1.43 Å². The molecule has 1 nitrogen and oxygen atoms in total. The summed E-state index contributed by atoms with van der Waals surface area (Å²) in [6.07, 6.45) is 0. The molecule has 2 N–H and O–H groups in total. The van der Waals surface area contributed by atoms with Crippen LogP contribution in [0.3, 0.4) is 0 Å². The first-order chi connectivity index (χ1) is 4.70. The fraction of sp³-hybridized carbons (Fsp3) is 0.333. The highest BCUT2D eigenvalue weighted by atomic mass is 14.5. The minimum Gasteiger partial charge on any atom is -0.399 e. The van der Waals surface area contributed by atoms with Crippen LogP contribution in [0.2, 0.25) is 0 Å². The molecule has 0 aromatic heterocycles. The quantitative estimate of drug-likeness (QED) is 0.591. The van der Waals surface area contributed by atoms with Gasteiger partial charge in [-0.3, -0.25) is 0 Å². The average molecular weight is 137 g/mol. The zero-order valence-corrected chi connectivity index (χ0v) is 6.46. The summed E-state index contributed by atoms with van der Waals surface area (Å²) in [6, 6.07) is 8.02. The predicted octanol–water partition coefficient (Wildman–Crippen LogP) is 2.64. The van der Waals surface area contributed by atoms with E-state index in [-0.39, 0.29) is 1.43 Å². The Labute approximate surface area is 63.4 Å². The van der Waals surface area contributed by atoms with Crippen molar-refractivity contribution in [2.24, 2.45) is 0 Å². The molecule has 1 heteroatoms. The molecule has 56 valence electrons. The second-order valence-electron chi connectivity index (χ2n) is 2.82. The topological polar surface area (TPSA) is 26.0 Å². The molecule has 0 aliphatic heterocycles. The smallest absolute Gasteiger partial charge is 0.0314 e. The molecule has 0 aliphatic carbocycles. The molecule has 1 aromatic rings. The van der Waals surface area contributed by atoms with E-state index in [1.165, 1.54) is 5.56 Å². The van der Waals surface area contributed by atoms with Crippen LogP contribution >= 0.6 is 0 Å². The highest BCUT2D eigenvalue weighted by molar-refractivity contribution is 5.39. The Balaban J connectivity index is 0.000001000. The molecule has 0 bridgehead atoms. The molecule has 0 amide bonds. The highest BCUT2D eigenvalue weighted by Gasteiger charge is 1.95. The van der Waals surface area contributed by atoms with Gasteiger partial charge in [0.15, 0.2) is 0 Å². The van der Waals surface area contributed by atoms with Gasteiger partial charge in [0.1, 0.15) is 0 Å². The van der Waals surface area contributed by atoms with Crippen molar-refractivity contribution in [3.05, 3.63) is 29.8 Å². The van der Waals surface area contributed by atoms with Gasteiger partial charge in [0.2, 0.25) is 0 Å². The lowest BCUT2D eigenvalue weighted by Crippen LogP contribution is -1.88. The van der Waals surface area contributed by atoms with Crippen molar-refractivity contribution in [1.29, 1.82) is 0 Å². The molecule has 0 saturated carbocycles. The van der Waals surface area contributed by atoms with E-state index in [1.807, 2.05) is 12.1 Å². The molecule has 10 heavy (non-hydrogen) atoms. The van der Waals surface area contributed by atoms with Gasteiger partial charge in [-0.2, -0.15) is 0 Å². The van der Waals surface area contributed by atoms with E-state index in [2.05, 4.69) is 26.0 Å². The van der Waals surface area contributed by atoms with Crippen molar-refractivity contribution in [2.45, 2.75) is 19.8 Å². The number of hydrogen-bond donors (Lipinski definition) is 1. The molecule has 0 radical (unpaired) electrons. The summed E-state index contributed by atoms with van der Waals surface area (Å²) in [5.74, 6) is 0.598. The molecular weight excluding hydrogens is 122 g/mol. The molecule has 0 atom stereocenters. The first-order valence-corrected chi connectivity index (χ1v) is 3.55. The third-order valence-electron chi connectivity index (χ3n) is 1.60. The summed E-state index contributed by atoms with van der Waals surface area (Å²) in [6.45, 7) is 4.34. The van der Waals surface area contributed by atoms with Crippen LogP contribution in [-0.2, 0) is 0 Å². The maximum atomic E-state index is 5.53. The predicted molar refractivity (Wildman–Crippen MR) is 47.1 cm³/mol. The summed E-state index contributed by atoms with van der Waals surface area (Å²) in [5, 5.41) is 0. The molecule has 0 unspecified atom stereocenters. The summed E-state index contributed by atoms with van der Waals surface area (Å²) in [4.78, 5) is 0. The number of nitrogens with two attached hydrogens (primary N) is 1. The Kier molecular flexibility index (Phi) is 1.95. The standard InChI is InChI=1S/C9H13N.H2/c1-7(2)8-3-5-9(10)6-4-8;/h3-7H,10H2,1-2H3;1H. The summed E-state index contributed by atoms with van der Waals surface area (Å²) in [5.41, 5.74) is 7.71. The highest BCUT2D eigenvalue weighted by Crippen LogP contribution is 2.14. The Morgan fingerprint density at radius 1 is 1.20 bits per heavy atom. The maximum absolute atomic E-state index is 5.53. The van der Waals surface area contributed by atoms with Gasteiger partial charge >= 0.3 is 0 Å². The zero-order chi connectivity index (χ0) is 7.56. The van der Waals surface area contributed by atoms with Gasteiger partial charge in [-0.25, -0.2) is 0 Å². The van der Waals surface area contributed by atoms with Gasteiger partial charge < -0.3 is 5.73 Å². The van der Waals surface area contributed by atoms with Gasteiger partial charge in [-0.15, -0.1) is 0 Å². The van der Waals surface area contributed by atoms with E-state index >= 15 is 0 Å². The van der Waals surface area contributed by atoms with E-state index in [9.17, 15) is 0 Å². The minimum atomic E-state index is 0. The second kappa shape index (κ2) is 2.74. The van der Waals surface area contributed by atoms with Crippen molar-refractivity contribution >= 4 is 5.69 Å². The van der Waals surface area contributed by atoms with Crippen molar-refractivity contribution in [1.82, 2.24) is 0 Å². The maximum Gasteiger partial charge on any atom is 0.0314 e. The van der Waals surface area contributed by atoms with E-state index in [1.54, 1.807) is 0 Å². The van der Waals surface area contributed by atoms with E-state index in [4.69, 9.17) is 5.73 Å². The summed E-state index contributed by atoms with van der Waals surface area (Å²) in [7, 11) is 0. The normalized spacial score (nSPS) is 10.3. The average Bonchev–Trinajstić information content (AvgIpc) is 1.88. The molecule has 0 saturated heterocycles. The van der Waals surface area contributed by atoms with Crippen LogP contribution in [0.1, 0.15) is 26.8 Å². The Morgan fingerprint density at radius 2 is 1.70 bits per heavy atom. The fourth-order valence-electron chi connectivity index (χ4n) is 0.881. The molecule has 0 heterocycles. The van der Waals surface area contributed by atoms with Crippen LogP contribution in [-0.4, -0.2) is 0 Å². The van der Waals surface area contributed by atoms with Crippen LogP contribution < -0.4 is 5.73 Å². The third-order valence-corrected chi connectivity index (χ3v) is 1.60. The van der Waals surface area contributed by atoms with E-state index in [0.717, 1.165) is 5.69 Å². The van der Waals surface area contributed by atoms with Gasteiger partial charge in [-0.1, -0.05) is 26.0 Å². The number of anilines is 1. The van der Waals surface area contributed by atoms with Crippen LogP contribution in [0.4, 0.5) is 5.69 Å². The number of rotatable bonds is 1. The van der Waals surface area contributed by atoms with Gasteiger partial charge in [0.05, 0.1) is 0 Å². The van der Waals surface area contributed by atoms with Crippen LogP contribution in [0, 0.1) is 0 Å². The lowest BCUT2D eigenvalue weighted by atomic mass is 10.0. The number of benzene rings is 1. The summed E-state index contributed by atoms with van der Waals surface area (Å²) < 4.78 is 0. The van der Waals surface area contributed by atoms with Crippen LogP contribution in [0.5, 0.6) is 0 Å². The largest absolute Gasteiger partial charge is 0.399 e. The van der Waals surface area contributed by atoms with Crippen molar-refractivity contribution in [2.75, 3.05) is 5.73 Å². The fourth-order valence-corrected chi connectivity index (χ4v) is 0.881. The SMILES string of the molecule is CC(C)c1ccc(N)cc1.[HH]. The molecule has 0 spiro atoms. The molecule has 1 rings (SSSR count). The first kappa shape index (κ1) is 7.13. The van der Waals surface area contributed by atoms with Gasteiger partial charge in [-0.05, 0) is 23.6 Å². The second-order valence-corrected chi connectivity index (χ2v) is 2.82. The molecule has 0 fully saturated rings. The van der Waals surface area contributed by atoms with E-state index < -0.39 is 0 Å². The number of nitrogen functional groups attached to an aromatic ring is 1. The van der Waals surface area contributed by atoms with Gasteiger partial charge in [0, 0.05) is 7.11 Å². The Bertz CT molecular complexity index is 203. The van der Waals surface area contributed by atoms with Crippen LogP contribution in [0.25, 0.3) is 0 Å². The third kappa shape index (κ3) is 1.50. The molecule has 0 aliphatic rings. The van der Waals surface area contributed by atoms with Crippen molar-refractivity contribution in [3.8, 4) is 0 Å². The summed E-state index contributed by atoms with van der Waals surface area (Å²) >= 11 is 0. The minimum absolute atomic E-state index is 0. The van der Waals surface area contributed by atoms with E-state index in [0.29, 0.717) is 5.92 Å². The van der Waals surface area contributed by atoms with Crippen molar-refractivity contribution in [3.63, 3.8) is 0 Å². The first-order valence-electron chi connectivity index (χ1n) is 3.55. The lowest BCUT2D eigenvalue weighted by Gasteiger charge is -2.03. The number of hydrogen-bond acceptors (Lipinski definition) is 1. The molecule has 1 aromatic carbocycles. The monoisotopic (exact) mass is 137 g/mol. The van der Waals surface area contributed by atoms with Gasteiger partial charge in [0.25, 0.3) is 0 Å². The Hall–Kier alpha value is -0.980. The molecular formula is C9H15N. The zero-order valence-electron chi connectivity index (χ0n) is 6.46. The lowest BCUT2D eigenvalue weighted by molar-refractivity contribution is 0.867. The van der Waals surface area contributed by atoms with Crippen LogP contribution in [0.15, 0.2) is 24.3 Å².